The van der Waals surface area contributed by atoms with Gasteiger partial charge in [0.15, 0.2) is 6.29 Å². The van der Waals surface area contributed by atoms with Crippen molar-refractivity contribution in [3.63, 3.8) is 0 Å². The van der Waals surface area contributed by atoms with Crippen molar-refractivity contribution in [2.75, 3.05) is 26.7 Å². The number of likely N-dealkylation sites (N-methyl/N-ethyl adjacent to an activating group) is 1. The number of aliphatic hydroxyl groups excluding tert-OH is 3. The third kappa shape index (κ3) is 18.2. The lowest BCUT2D eigenvalue weighted by atomic mass is 9.72. The van der Waals surface area contributed by atoms with Gasteiger partial charge >= 0.3 is 24.4 Å². The van der Waals surface area contributed by atoms with Crippen LogP contribution in [0.25, 0.3) is 0 Å². The van der Waals surface area contributed by atoms with Crippen LogP contribution >= 0.6 is 0 Å². The minimum atomic E-state index is -1.88. The Kier molecular flexibility index (Phi) is 20.1. The molecule has 13 atom stereocenters. The summed E-state index contributed by atoms with van der Waals surface area (Å²) in [5.74, 6) is -2.68. The molecule has 24 nitrogen and oxygen atoms in total. The zero-order chi connectivity index (χ0) is 53.5. The Morgan fingerprint density at radius 1 is 0.800 bits per heavy atom. The second kappa shape index (κ2) is 23.7. The van der Waals surface area contributed by atoms with Crippen molar-refractivity contribution in [2.24, 2.45) is 11.7 Å². The van der Waals surface area contributed by atoms with Crippen LogP contribution in [0.4, 0.5) is 19.2 Å². The van der Waals surface area contributed by atoms with Crippen molar-refractivity contribution in [1.82, 2.24) is 31.5 Å². The first kappa shape index (κ1) is 59.6. The van der Waals surface area contributed by atoms with Gasteiger partial charge in [0.1, 0.15) is 64.2 Å². The molecule has 0 bridgehead atoms. The predicted octanol–water partition coefficient (Wildman–Crippen LogP) is 1.14. The first-order valence-electron chi connectivity index (χ1n) is 23.5. The fourth-order valence-corrected chi connectivity index (χ4v) is 8.14. The summed E-state index contributed by atoms with van der Waals surface area (Å²) in [6.07, 6.45) is -12.3. The van der Waals surface area contributed by atoms with E-state index in [1.54, 1.807) is 89.2 Å². The Morgan fingerprint density at radius 2 is 1.34 bits per heavy atom. The topological polar surface area (TPSA) is 337 Å². The standard InChI is InChI=1S/C46H81N7O17/c1-23(49-39(60)68-43(5,6)7)35(57)50-25-17-16-24(21-47)65-32(25)29-26(52-40(61)69-44(8,9)10)20-27(51-36(58)28(54)18-19-48-38(59)67-42(2,3)4)33(30(29)55)66-37-31(56)34(46(14,63)22-64-37)53(15)41(62)70-45(11,12)13/h16,23,25-34,37,54-56,63H,17-22,47H2,1-15H3,(H,48,59)(H,49,60)(H,50,57)(H,51,58)(H,52,61)/t23?,25-,26+,27-,28+,29?,30+,31-,32+,33+,34-,37-,46+/m1/s1. The maximum absolute atomic E-state index is 13.9. The number of hydrogen-bond acceptors (Lipinski definition) is 18. The van der Waals surface area contributed by atoms with E-state index < -0.39 is 144 Å². The van der Waals surface area contributed by atoms with E-state index in [2.05, 4.69) is 26.6 Å². The molecule has 11 N–H and O–H groups in total. The summed E-state index contributed by atoms with van der Waals surface area (Å²) in [6.45, 7) is 21.7. The zero-order valence-corrected chi connectivity index (χ0v) is 43.4. The molecule has 24 heteroatoms. The summed E-state index contributed by atoms with van der Waals surface area (Å²) in [6, 6.07) is -6.09. The van der Waals surface area contributed by atoms with E-state index in [-0.39, 0.29) is 38.1 Å². The van der Waals surface area contributed by atoms with Gasteiger partial charge in [-0.1, -0.05) is 0 Å². The maximum atomic E-state index is 13.9. The molecule has 0 spiro atoms. The van der Waals surface area contributed by atoms with E-state index in [0.717, 1.165) is 4.90 Å². The van der Waals surface area contributed by atoms with Crippen molar-refractivity contribution < 1.29 is 82.4 Å². The molecule has 2 heterocycles. The van der Waals surface area contributed by atoms with Gasteiger partial charge in [0.25, 0.3) is 0 Å². The highest BCUT2D eigenvalue weighted by molar-refractivity contribution is 5.85. The van der Waals surface area contributed by atoms with Crippen LogP contribution in [-0.4, -0.2) is 183 Å². The van der Waals surface area contributed by atoms with Crippen LogP contribution in [0.15, 0.2) is 11.8 Å². The number of carbonyl (C=O) groups excluding carboxylic acids is 6. The first-order valence-corrected chi connectivity index (χ1v) is 23.5. The van der Waals surface area contributed by atoms with Gasteiger partial charge in [0.05, 0.1) is 37.4 Å². The van der Waals surface area contributed by atoms with Gasteiger partial charge in [0, 0.05) is 25.6 Å². The van der Waals surface area contributed by atoms with Gasteiger partial charge in [-0.15, -0.1) is 0 Å². The van der Waals surface area contributed by atoms with Gasteiger partial charge in [0.2, 0.25) is 11.8 Å². The van der Waals surface area contributed by atoms with E-state index in [1.807, 2.05) is 0 Å². The Labute approximate surface area is 410 Å². The van der Waals surface area contributed by atoms with Crippen LogP contribution in [0, 0.1) is 5.92 Å². The highest BCUT2D eigenvalue weighted by Gasteiger charge is 2.56. The van der Waals surface area contributed by atoms with E-state index in [0.29, 0.717) is 0 Å². The van der Waals surface area contributed by atoms with E-state index in [4.69, 9.17) is 38.9 Å². The summed E-state index contributed by atoms with van der Waals surface area (Å²) in [4.78, 5) is 80.5. The van der Waals surface area contributed by atoms with Gasteiger partial charge < -0.3 is 90.8 Å². The van der Waals surface area contributed by atoms with Crippen molar-refractivity contribution in [1.29, 1.82) is 0 Å². The van der Waals surface area contributed by atoms with E-state index in [1.165, 1.54) is 20.9 Å². The highest BCUT2D eigenvalue weighted by atomic mass is 16.7. The molecule has 1 aliphatic carbocycles. The zero-order valence-electron chi connectivity index (χ0n) is 43.4. The molecule has 1 saturated carbocycles. The summed E-state index contributed by atoms with van der Waals surface area (Å²) < 4.78 is 40.4. The molecule has 2 fully saturated rings. The summed E-state index contributed by atoms with van der Waals surface area (Å²) in [5, 5.41) is 60.6. The summed E-state index contributed by atoms with van der Waals surface area (Å²) >= 11 is 0. The monoisotopic (exact) mass is 1000 g/mol. The van der Waals surface area contributed by atoms with Gasteiger partial charge in [-0.25, -0.2) is 19.2 Å². The Morgan fingerprint density at radius 3 is 1.90 bits per heavy atom. The molecule has 0 aromatic heterocycles. The number of amides is 6. The van der Waals surface area contributed by atoms with Crippen LogP contribution < -0.4 is 32.3 Å². The van der Waals surface area contributed by atoms with Gasteiger partial charge in [-0.2, -0.15) is 0 Å². The molecule has 1 saturated heterocycles. The molecule has 3 aliphatic rings. The Balaban J connectivity index is 2.13. The number of rotatable bonds is 14. The van der Waals surface area contributed by atoms with Gasteiger partial charge in [-0.3, -0.25) is 9.59 Å². The maximum Gasteiger partial charge on any atom is 0.410 e. The highest BCUT2D eigenvalue weighted by Crippen LogP contribution is 2.39. The largest absolute Gasteiger partial charge is 0.491 e. The second-order valence-corrected chi connectivity index (χ2v) is 22.2. The van der Waals surface area contributed by atoms with Crippen molar-refractivity contribution in [2.45, 2.75) is 211 Å². The fraction of sp³-hybridized carbons (Fsp3) is 0.826. The smallest absolute Gasteiger partial charge is 0.410 e. The molecule has 0 aromatic rings. The molecule has 70 heavy (non-hydrogen) atoms. The van der Waals surface area contributed by atoms with Crippen molar-refractivity contribution in [3.8, 4) is 0 Å². The fourth-order valence-electron chi connectivity index (χ4n) is 8.14. The van der Waals surface area contributed by atoms with Crippen molar-refractivity contribution in [3.05, 3.63) is 11.8 Å². The lowest BCUT2D eigenvalue weighted by molar-refractivity contribution is -0.305. The Bertz CT molecular complexity index is 1860. The molecule has 2 unspecified atom stereocenters. The van der Waals surface area contributed by atoms with E-state index >= 15 is 0 Å². The van der Waals surface area contributed by atoms with Crippen LogP contribution in [0.1, 0.15) is 116 Å². The number of nitrogens with one attached hydrogen (secondary N) is 5. The van der Waals surface area contributed by atoms with Crippen LogP contribution in [0.5, 0.6) is 0 Å². The normalized spacial score (nSPS) is 29.3. The molecule has 0 radical (unpaired) electrons. The Hall–Kier alpha value is -4.72. The molecule has 2 aliphatic heterocycles. The summed E-state index contributed by atoms with van der Waals surface area (Å²) in [7, 11) is 1.31. The lowest BCUT2D eigenvalue weighted by Crippen LogP contribution is -2.71. The predicted molar refractivity (Wildman–Crippen MR) is 250 cm³/mol. The minimum Gasteiger partial charge on any atom is -0.491 e. The molecular weight excluding hydrogens is 923 g/mol. The van der Waals surface area contributed by atoms with E-state index in [9.17, 15) is 49.2 Å². The number of nitrogens with zero attached hydrogens (tertiary/aromatic N) is 1. The molecule has 402 valence electrons. The summed E-state index contributed by atoms with van der Waals surface area (Å²) in [5.41, 5.74) is 0.530. The second-order valence-electron chi connectivity index (χ2n) is 22.2. The number of aliphatic hydroxyl groups is 4. The number of alkyl carbamates (subject to hydrolysis) is 3. The van der Waals surface area contributed by atoms with Crippen LogP contribution in [0.2, 0.25) is 0 Å². The third-order valence-corrected chi connectivity index (χ3v) is 11.0. The van der Waals surface area contributed by atoms with Crippen molar-refractivity contribution >= 4 is 36.2 Å². The number of ether oxygens (including phenoxy) is 7. The van der Waals surface area contributed by atoms with Crippen LogP contribution in [-0.2, 0) is 42.7 Å². The molecular formula is C46H81N7O17. The minimum absolute atomic E-state index is 0.0812. The third-order valence-electron chi connectivity index (χ3n) is 11.0. The SMILES string of the molecule is CC(NC(=O)OC(C)(C)C)C(=O)N[C@@H]1CC=C(CN)O[C@@H]1C1[C@@H](NC(=O)OC(C)(C)C)C[C@@H](NC(=O)[C@@H](O)CCNC(=O)OC(C)(C)C)[C@H](O[C@H]2OC[C@](C)(O)[C@H](N(C)C(=O)OC(C)(C)C)[C@H]2O)[C@H]1O. The molecule has 3 rings (SSSR count). The lowest BCUT2D eigenvalue weighted by Gasteiger charge is -2.52. The molecule has 6 amide bonds. The van der Waals surface area contributed by atoms with Crippen LogP contribution in [0.3, 0.4) is 0 Å². The number of hydrogen-bond donors (Lipinski definition) is 10. The quantitative estimate of drug-likeness (QED) is 0.109. The van der Waals surface area contributed by atoms with Gasteiger partial charge in [-0.05, 0) is 122 Å². The number of nitrogens with two attached hydrogens (primary N) is 1. The number of carbonyl (C=O) groups is 6. The average Bonchev–Trinajstić information content (AvgIpc) is 3.17. The molecule has 0 aromatic carbocycles. The first-order chi connectivity index (χ1) is 31.9. The average molecular weight is 1000 g/mol.